The van der Waals surface area contributed by atoms with E-state index in [1.54, 1.807) is 11.8 Å². The molecule has 0 amide bonds. The number of methoxy groups -OCH3 is 1. The van der Waals surface area contributed by atoms with E-state index in [1.807, 2.05) is 24.3 Å². The van der Waals surface area contributed by atoms with Crippen LogP contribution in [0.3, 0.4) is 0 Å². The van der Waals surface area contributed by atoms with Crippen LogP contribution in [-0.4, -0.2) is 23.2 Å². The van der Waals surface area contributed by atoms with Crippen LogP contribution in [0, 0.1) is 0 Å². The lowest BCUT2D eigenvalue weighted by atomic mass is 10.4. The number of carboxylic acid groups (broad SMARTS) is 1. The lowest BCUT2D eigenvalue weighted by molar-refractivity contribution is 0.0697. The van der Waals surface area contributed by atoms with E-state index in [1.165, 1.54) is 18.4 Å². The Morgan fingerprint density at radius 3 is 3.00 bits per heavy atom. The van der Waals surface area contributed by atoms with Crippen molar-refractivity contribution in [2.45, 2.75) is 17.3 Å². The highest BCUT2D eigenvalue weighted by Gasteiger charge is 2.17. The van der Waals surface area contributed by atoms with E-state index in [9.17, 15) is 4.79 Å². The van der Waals surface area contributed by atoms with Crippen molar-refractivity contribution in [1.82, 2.24) is 4.98 Å². The summed E-state index contributed by atoms with van der Waals surface area (Å²) in [6.45, 7) is 0.208. The average Bonchev–Trinajstić information content (AvgIpc) is 2.80. The SMILES string of the molecule is COCc1nc(CSc2cccc(Cl)c2)sc1C(=O)O. The first kappa shape index (κ1) is 15.3. The van der Waals surface area contributed by atoms with Gasteiger partial charge in [-0.2, -0.15) is 0 Å². The molecule has 0 atom stereocenters. The number of ether oxygens (including phenoxy) is 1. The van der Waals surface area contributed by atoms with Crippen LogP contribution >= 0.6 is 34.7 Å². The zero-order valence-corrected chi connectivity index (χ0v) is 13.0. The predicted octanol–water partition coefficient (Wildman–Crippen LogP) is 3.93. The number of benzene rings is 1. The van der Waals surface area contributed by atoms with Gasteiger partial charge >= 0.3 is 5.97 Å². The molecule has 2 rings (SSSR count). The zero-order valence-electron chi connectivity index (χ0n) is 10.6. The molecule has 106 valence electrons. The topological polar surface area (TPSA) is 59.4 Å². The maximum absolute atomic E-state index is 11.1. The number of thioether (sulfide) groups is 1. The highest BCUT2D eigenvalue weighted by atomic mass is 35.5. The van der Waals surface area contributed by atoms with Crippen molar-refractivity contribution < 1.29 is 14.6 Å². The smallest absolute Gasteiger partial charge is 0.347 e. The van der Waals surface area contributed by atoms with Gasteiger partial charge in [-0.25, -0.2) is 9.78 Å². The minimum absolute atomic E-state index is 0.208. The minimum atomic E-state index is -0.964. The van der Waals surface area contributed by atoms with Crippen LogP contribution in [-0.2, 0) is 17.1 Å². The van der Waals surface area contributed by atoms with Gasteiger partial charge in [-0.15, -0.1) is 23.1 Å². The van der Waals surface area contributed by atoms with E-state index in [0.717, 1.165) is 9.90 Å². The summed E-state index contributed by atoms with van der Waals surface area (Å²) in [5.74, 6) is -0.358. The van der Waals surface area contributed by atoms with E-state index >= 15 is 0 Å². The fourth-order valence-electron chi connectivity index (χ4n) is 1.57. The van der Waals surface area contributed by atoms with E-state index in [-0.39, 0.29) is 11.5 Å². The summed E-state index contributed by atoms with van der Waals surface area (Å²) in [6.07, 6.45) is 0. The normalized spacial score (nSPS) is 10.7. The molecule has 0 spiro atoms. The molecule has 0 radical (unpaired) electrons. The number of halogens is 1. The number of aromatic nitrogens is 1. The molecule has 0 aliphatic carbocycles. The third-order valence-corrected chi connectivity index (χ3v) is 4.88. The first-order valence-electron chi connectivity index (χ1n) is 5.69. The van der Waals surface area contributed by atoms with Crippen molar-refractivity contribution >= 4 is 40.7 Å². The standard InChI is InChI=1S/C13H12ClNO3S2/c1-18-6-10-12(13(16)17)20-11(15-10)7-19-9-4-2-3-8(14)5-9/h2-5H,6-7H2,1H3,(H,16,17). The van der Waals surface area contributed by atoms with Gasteiger partial charge in [-0.05, 0) is 18.2 Å². The number of carboxylic acids is 1. The third kappa shape index (κ3) is 3.96. The molecule has 1 aromatic carbocycles. The molecule has 0 aliphatic heterocycles. The fraction of sp³-hybridized carbons (Fsp3) is 0.231. The molecule has 1 N–H and O–H groups in total. The highest BCUT2D eigenvalue weighted by molar-refractivity contribution is 7.98. The van der Waals surface area contributed by atoms with Crippen LogP contribution in [0.4, 0.5) is 0 Å². The molecule has 0 fully saturated rings. The van der Waals surface area contributed by atoms with E-state index in [2.05, 4.69) is 4.98 Å². The second-order valence-corrected chi connectivity index (χ2v) is 6.44. The first-order chi connectivity index (χ1) is 9.60. The Kier molecular flexibility index (Phi) is 5.42. The van der Waals surface area contributed by atoms with Gasteiger partial charge in [0.25, 0.3) is 0 Å². The average molecular weight is 330 g/mol. The Morgan fingerprint density at radius 1 is 1.55 bits per heavy atom. The van der Waals surface area contributed by atoms with Crippen molar-refractivity contribution in [3.05, 3.63) is 44.9 Å². The molecule has 1 heterocycles. The van der Waals surface area contributed by atoms with E-state index in [0.29, 0.717) is 16.5 Å². The van der Waals surface area contributed by atoms with Crippen LogP contribution in [0.15, 0.2) is 29.2 Å². The van der Waals surface area contributed by atoms with Crippen molar-refractivity contribution in [3.8, 4) is 0 Å². The number of thiazole rings is 1. The van der Waals surface area contributed by atoms with Crippen molar-refractivity contribution in [3.63, 3.8) is 0 Å². The van der Waals surface area contributed by atoms with Crippen LogP contribution in [0.5, 0.6) is 0 Å². The number of rotatable bonds is 6. The second kappa shape index (κ2) is 7.08. The minimum Gasteiger partial charge on any atom is -0.477 e. The van der Waals surface area contributed by atoms with Crippen LogP contribution < -0.4 is 0 Å². The van der Waals surface area contributed by atoms with Gasteiger partial charge in [-0.3, -0.25) is 0 Å². The highest BCUT2D eigenvalue weighted by Crippen LogP contribution is 2.28. The molecule has 7 heteroatoms. The van der Waals surface area contributed by atoms with Gasteiger partial charge in [0, 0.05) is 17.0 Å². The van der Waals surface area contributed by atoms with Crippen LogP contribution in [0.1, 0.15) is 20.4 Å². The third-order valence-electron chi connectivity index (χ3n) is 2.38. The Labute approximate surface area is 129 Å². The summed E-state index contributed by atoms with van der Waals surface area (Å²) in [7, 11) is 1.52. The fourth-order valence-corrected chi connectivity index (χ4v) is 3.67. The Hall–Kier alpha value is -1.08. The number of carbonyl (C=O) groups is 1. The number of hydrogen-bond donors (Lipinski definition) is 1. The Bertz CT molecular complexity index is 615. The van der Waals surface area contributed by atoms with Crippen molar-refractivity contribution in [2.24, 2.45) is 0 Å². The quantitative estimate of drug-likeness (QED) is 0.813. The van der Waals surface area contributed by atoms with Gasteiger partial charge in [0.1, 0.15) is 9.88 Å². The summed E-state index contributed by atoms with van der Waals surface area (Å²) in [6, 6.07) is 7.52. The number of hydrogen-bond acceptors (Lipinski definition) is 5. The van der Waals surface area contributed by atoms with Gasteiger partial charge < -0.3 is 9.84 Å². The van der Waals surface area contributed by atoms with Crippen LogP contribution in [0.25, 0.3) is 0 Å². The summed E-state index contributed by atoms with van der Waals surface area (Å²) < 4.78 is 4.97. The number of nitrogens with zero attached hydrogens (tertiary/aromatic N) is 1. The molecular weight excluding hydrogens is 318 g/mol. The van der Waals surface area contributed by atoms with Crippen LogP contribution in [0.2, 0.25) is 5.02 Å². The summed E-state index contributed by atoms with van der Waals surface area (Å²) in [4.78, 5) is 16.7. The van der Waals surface area contributed by atoms with E-state index in [4.69, 9.17) is 21.4 Å². The van der Waals surface area contributed by atoms with Gasteiger partial charge in [-0.1, -0.05) is 17.7 Å². The Balaban J connectivity index is 2.09. The maximum atomic E-state index is 11.1. The molecule has 0 saturated carbocycles. The number of aromatic carboxylic acids is 1. The zero-order chi connectivity index (χ0) is 14.5. The lowest BCUT2D eigenvalue weighted by Gasteiger charge is -1.99. The monoisotopic (exact) mass is 329 g/mol. The predicted molar refractivity (Wildman–Crippen MR) is 80.8 cm³/mol. The molecule has 1 aromatic heterocycles. The van der Waals surface area contributed by atoms with Gasteiger partial charge in [0.15, 0.2) is 0 Å². The van der Waals surface area contributed by atoms with Crippen molar-refractivity contribution in [1.29, 1.82) is 0 Å². The molecule has 20 heavy (non-hydrogen) atoms. The Morgan fingerprint density at radius 2 is 2.35 bits per heavy atom. The lowest BCUT2D eigenvalue weighted by Crippen LogP contribution is -1.99. The summed E-state index contributed by atoms with van der Waals surface area (Å²) >= 11 is 8.67. The van der Waals surface area contributed by atoms with E-state index < -0.39 is 5.97 Å². The first-order valence-corrected chi connectivity index (χ1v) is 7.87. The van der Waals surface area contributed by atoms with Crippen molar-refractivity contribution in [2.75, 3.05) is 7.11 Å². The molecule has 4 nitrogen and oxygen atoms in total. The second-order valence-electron chi connectivity index (χ2n) is 3.87. The molecular formula is C13H12ClNO3S2. The molecule has 0 aliphatic rings. The summed E-state index contributed by atoms with van der Waals surface area (Å²) in [5.41, 5.74) is 0.478. The summed E-state index contributed by atoms with van der Waals surface area (Å²) in [5, 5.41) is 10.6. The molecule has 0 unspecified atom stereocenters. The maximum Gasteiger partial charge on any atom is 0.347 e. The molecule has 0 saturated heterocycles. The molecule has 0 bridgehead atoms. The van der Waals surface area contributed by atoms with Gasteiger partial charge in [0.05, 0.1) is 18.1 Å². The molecule has 2 aromatic rings. The van der Waals surface area contributed by atoms with Gasteiger partial charge in [0.2, 0.25) is 0 Å². The largest absolute Gasteiger partial charge is 0.477 e.